The van der Waals surface area contributed by atoms with E-state index < -0.39 is 28.1 Å². The molecule has 3 rings (SSSR count). The summed E-state index contributed by atoms with van der Waals surface area (Å²) in [6, 6.07) is 12.5. The molecule has 1 aliphatic rings. The highest BCUT2D eigenvalue weighted by molar-refractivity contribution is 7.85. The lowest BCUT2D eigenvalue weighted by Gasteiger charge is -2.41. The summed E-state index contributed by atoms with van der Waals surface area (Å²) in [5.41, 5.74) is 2.25. The molecule has 9 heteroatoms. The van der Waals surface area contributed by atoms with Crippen LogP contribution >= 0.6 is 0 Å². The van der Waals surface area contributed by atoms with Crippen molar-refractivity contribution in [2.45, 2.75) is 56.1 Å². The first-order chi connectivity index (χ1) is 18.3. The van der Waals surface area contributed by atoms with Crippen LogP contribution in [-0.2, 0) is 37.3 Å². The minimum atomic E-state index is -1.43. The summed E-state index contributed by atoms with van der Waals surface area (Å²) in [5, 5.41) is 2.25. The summed E-state index contributed by atoms with van der Waals surface area (Å²) in [5.74, 6) is -0.996. The van der Waals surface area contributed by atoms with Crippen molar-refractivity contribution >= 4 is 28.6 Å². The van der Waals surface area contributed by atoms with E-state index in [1.54, 1.807) is 43.3 Å². The van der Waals surface area contributed by atoms with Crippen LogP contribution < -0.4 is 5.32 Å². The van der Waals surface area contributed by atoms with Crippen molar-refractivity contribution in [3.63, 3.8) is 0 Å². The standard InChI is InChI=1S/C29H35FN2O5S/c1-3-18-37-29(35)24-13-9-23(10-14-24)20-38(36)26-19-32(28(26)34)21(2)27(33)31-17-7-5-4-6-8-22-11-15-25(30)16-12-22/h3,9-16,21,26H,1,4-8,17-20H2,2H3,(H,31,33). The molecule has 2 aromatic rings. The maximum atomic E-state index is 12.9. The molecule has 0 bridgehead atoms. The van der Waals surface area contributed by atoms with Crippen LogP contribution in [0.4, 0.5) is 4.39 Å². The number of carbonyl (C=O) groups is 3. The van der Waals surface area contributed by atoms with Gasteiger partial charge in [-0.05, 0) is 61.6 Å². The van der Waals surface area contributed by atoms with E-state index in [2.05, 4.69) is 11.9 Å². The predicted octanol–water partition coefficient (Wildman–Crippen LogP) is 3.94. The van der Waals surface area contributed by atoms with E-state index in [4.69, 9.17) is 4.74 Å². The van der Waals surface area contributed by atoms with Crippen molar-refractivity contribution in [1.29, 1.82) is 0 Å². The van der Waals surface area contributed by atoms with Gasteiger partial charge in [-0.3, -0.25) is 13.8 Å². The molecule has 2 aromatic carbocycles. The molecule has 0 saturated carbocycles. The topological polar surface area (TPSA) is 92.8 Å². The number of amides is 2. The van der Waals surface area contributed by atoms with Gasteiger partial charge in [0.05, 0.1) is 5.56 Å². The van der Waals surface area contributed by atoms with Crippen molar-refractivity contribution in [3.05, 3.63) is 83.7 Å². The second-order valence-electron chi connectivity index (χ2n) is 9.35. The molecule has 0 aromatic heterocycles. The Morgan fingerprint density at radius 1 is 1.11 bits per heavy atom. The number of ether oxygens (including phenoxy) is 1. The van der Waals surface area contributed by atoms with Crippen LogP contribution in [0.2, 0.25) is 0 Å². The number of halogens is 1. The molecule has 0 aliphatic carbocycles. The molecule has 1 heterocycles. The number of unbranched alkanes of at least 4 members (excludes halogenated alkanes) is 3. The fourth-order valence-corrected chi connectivity index (χ4v) is 5.55. The summed E-state index contributed by atoms with van der Waals surface area (Å²) in [6.07, 6.45) is 6.22. The largest absolute Gasteiger partial charge is 0.458 e. The maximum absolute atomic E-state index is 12.9. The number of nitrogens with zero attached hydrogens (tertiary/aromatic N) is 1. The van der Waals surface area contributed by atoms with Gasteiger partial charge in [0.15, 0.2) is 0 Å². The van der Waals surface area contributed by atoms with Gasteiger partial charge in [0.25, 0.3) is 0 Å². The number of hydrogen-bond donors (Lipinski definition) is 1. The molecular formula is C29H35FN2O5S. The molecule has 1 aliphatic heterocycles. The quantitative estimate of drug-likeness (QED) is 0.159. The van der Waals surface area contributed by atoms with E-state index in [0.717, 1.165) is 43.2 Å². The van der Waals surface area contributed by atoms with Crippen LogP contribution in [-0.4, -0.2) is 57.9 Å². The highest BCUT2D eigenvalue weighted by Crippen LogP contribution is 2.22. The Bertz CT molecular complexity index is 1140. The third kappa shape index (κ3) is 8.34. The fourth-order valence-electron chi connectivity index (χ4n) is 4.14. The normalized spacial score (nSPS) is 16.3. The summed E-state index contributed by atoms with van der Waals surface area (Å²) in [4.78, 5) is 38.4. The number of aryl methyl sites for hydroxylation is 1. The second kappa shape index (κ2) is 14.6. The lowest BCUT2D eigenvalue weighted by Crippen LogP contribution is -2.64. The number of likely N-dealkylation sites (tertiary alicyclic amines) is 1. The molecule has 2 amide bonds. The van der Waals surface area contributed by atoms with Gasteiger partial charge in [-0.15, -0.1) is 0 Å². The number of β-lactam (4-membered cyclic amide) rings is 1. The van der Waals surface area contributed by atoms with Gasteiger partial charge in [0.2, 0.25) is 11.8 Å². The number of esters is 1. The van der Waals surface area contributed by atoms with Crippen LogP contribution in [0.15, 0.2) is 61.2 Å². The first kappa shape index (κ1) is 29.2. The second-order valence-corrected chi connectivity index (χ2v) is 11.0. The van der Waals surface area contributed by atoms with Gasteiger partial charge < -0.3 is 15.0 Å². The summed E-state index contributed by atoms with van der Waals surface area (Å²) >= 11 is 0. The van der Waals surface area contributed by atoms with Crippen molar-refractivity contribution in [3.8, 4) is 0 Å². The first-order valence-corrected chi connectivity index (χ1v) is 14.2. The molecule has 3 atom stereocenters. The van der Waals surface area contributed by atoms with Crippen LogP contribution in [0.25, 0.3) is 0 Å². The first-order valence-electron chi connectivity index (χ1n) is 12.9. The summed E-state index contributed by atoms with van der Waals surface area (Å²) in [6.45, 7) is 6.11. The SMILES string of the molecule is C=CCOC(=O)c1ccc(CS(=O)C2CN(C(C)C(=O)NCCCCCCc3ccc(F)cc3)C2=O)cc1. The third-order valence-corrected chi connectivity index (χ3v) is 8.12. The van der Waals surface area contributed by atoms with Gasteiger partial charge in [-0.2, -0.15) is 0 Å². The zero-order valence-electron chi connectivity index (χ0n) is 21.7. The number of rotatable bonds is 15. The number of carbonyl (C=O) groups excluding carboxylic acids is 3. The molecule has 1 N–H and O–H groups in total. The number of hydrogen-bond acceptors (Lipinski definition) is 5. The zero-order chi connectivity index (χ0) is 27.5. The summed E-state index contributed by atoms with van der Waals surface area (Å²) < 4.78 is 30.7. The highest BCUT2D eigenvalue weighted by atomic mass is 32.2. The van der Waals surface area contributed by atoms with Crippen LogP contribution in [0, 0.1) is 5.82 Å². The van der Waals surface area contributed by atoms with Gasteiger partial charge in [0.1, 0.15) is 23.7 Å². The van der Waals surface area contributed by atoms with E-state index in [0.29, 0.717) is 12.1 Å². The van der Waals surface area contributed by atoms with E-state index in [1.807, 2.05) is 0 Å². The van der Waals surface area contributed by atoms with Gasteiger partial charge in [-0.25, -0.2) is 9.18 Å². The average molecular weight is 543 g/mol. The molecular weight excluding hydrogens is 507 g/mol. The lowest BCUT2D eigenvalue weighted by molar-refractivity contribution is -0.147. The van der Waals surface area contributed by atoms with E-state index >= 15 is 0 Å². The molecule has 204 valence electrons. The summed E-state index contributed by atoms with van der Waals surface area (Å²) in [7, 11) is -1.43. The molecule has 38 heavy (non-hydrogen) atoms. The van der Waals surface area contributed by atoms with E-state index in [1.165, 1.54) is 23.1 Å². The predicted molar refractivity (Wildman–Crippen MR) is 145 cm³/mol. The van der Waals surface area contributed by atoms with Crippen molar-refractivity contribution < 1.29 is 27.7 Å². The number of benzene rings is 2. The van der Waals surface area contributed by atoms with Crippen molar-refractivity contribution in [2.24, 2.45) is 0 Å². The van der Waals surface area contributed by atoms with Crippen LogP contribution in [0.1, 0.15) is 54.1 Å². The van der Waals surface area contributed by atoms with Gasteiger partial charge in [0, 0.05) is 29.6 Å². The van der Waals surface area contributed by atoms with Crippen molar-refractivity contribution in [2.75, 3.05) is 19.7 Å². The van der Waals surface area contributed by atoms with Gasteiger partial charge in [-0.1, -0.05) is 49.8 Å². The van der Waals surface area contributed by atoms with Crippen molar-refractivity contribution in [1.82, 2.24) is 10.2 Å². The Morgan fingerprint density at radius 3 is 2.42 bits per heavy atom. The van der Waals surface area contributed by atoms with Gasteiger partial charge >= 0.3 is 5.97 Å². The Morgan fingerprint density at radius 2 is 1.76 bits per heavy atom. The Hall–Kier alpha value is -3.33. The highest BCUT2D eigenvalue weighted by Gasteiger charge is 2.44. The molecule has 7 nitrogen and oxygen atoms in total. The smallest absolute Gasteiger partial charge is 0.338 e. The molecule has 1 saturated heterocycles. The third-order valence-electron chi connectivity index (χ3n) is 6.52. The van der Waals surface area contributed by atoms with Crippen LogP contribution in [0.5, 0.6) is 0 Å². The number of nitrogens with one attached hydrogen (secondary N) is 1. The Labute approximate surface area is 225 Å². The minimum absolute atomic E-state index is 0.126. The van der Waals surface area contributed by atoms with Crippen LogP contribution in [0.3, 0.4) is 0 Å². The Kier molecular flexibility index (Phi) is 11.2. The molecule has 3 unspecified atom stereocenters. The molecule has 0 spiro atoms. The minimum Gasteiger partial charge on any atom is -0.458 e. The van der Waals surface area contributed by atoms with E-state index in [-0.39, 0.29) is 36.5 Å². The monoisotopic (exact) mass is 542 g/mol. The molecule has 1 fully saturated rings. The molecule has 0 radical (unpaired) electrons. The fraction of sp³-hybridized carbons (Fsp3) is 0.414. The maximum Gasteiger partial charge on any atom is 0.338 e. The van der Waals surface area contributed by atoms with E-state index in [9.17, 15) is 23.0 Å². The Balaban J connectivity index is 1.31. The average Bonchev–Trinajstić information content (AvgIpc) is 2.91. The zero-order valence-corrected chi connectivity index (χ0v) is 22.5. The lowest BCUT2D eigenvalue weighted by atomic mass is 10.1.